The van der Waals surface area contributed by atoms with E-state index < -0.39 is 6.09 Å². The number of aromatic amines is 1. The molecule has 1 heterocycles. The molecule has 0 saturated heterocycles. The van der Waals surface area contributed by atoms with Crippen LogP contribution < -0.4 is 5.32 Å². The molecule has 0 radical (unpaired) electrons. The average Bonchev–Trinajstić information content (AvgIpc) is 2.58. The van der Waals surface area contributed by atoms with Gasteiger partial charge in [-0.3, -0.25) is 0 Å². The molecule has 0 atom stereocenters. The lowest BCUT2D eigenvalue weighted by molar-refractivity contribution is 0.194. The number of halogens is 2. The Morgan fingerprint density at radius 1 is 1.50 bits per heavy atom. The summed E-state index contributed by atoms with van der Waals surface area (Å²) in [6, 6.07) is 4.72. The van der Waals surface area contributed by atoms with Gasteiger partial charge in [-0.25, -0.2) is 9.18 Å². The maximum Gasteiger partial charge on any atom is 0.404 e. The molecule has 0 aliphatic rings. The van der Waals surface area contributed by atoms with E-state index in [2.05, 4.69) is 26.2 Å². The summed E-state index contributed by atoms with van der Waals surface area (Å²) in [7, 11) is 0. The molecule has 0 aliphatic carbocycles. The number of H-pyrrole nitrogens is 1. The Morgan fingerprint density at radius 2 is 2.25 bits per heavy atom. The summed E-state index contributed by atoms with van der Waals surface area (Å²) in [5.41, 5.74) is 1.45. The SMILES string of the molecule is O=C(O)NCc1cc2cc(F)c(Br)cc2[nH]1. The standard InChI is InChI=1S/C10H8BrFN2O2/c11-7-3-9-5(2-8(7)12)1-6(14-9)4-13-10(15)16/h1-3,13-14H,4H2,(H,15,16). The smallest absolute Gasteiger partial charge is 0.404 e. The van der Waals surface area contributed by atoms with Crippen molar-refractivity contribution in [2.75, 3.05) is 0 Å². The van der Waals surface area contributed by atoms with Crippen molar-refractivity contribution in [2.24, 2.45) is 0 Å². The van der Waals surface area contributed by atoms with E-state index in [1.165, 1.54) is 6.07 Å². The molecular formula is C10H8BrFN2O2. The first-order valence-corrected chi connectivity index (χ1v) is 5.29. The number of fused-ring (bicyclic) bond motifs is 1. The fourth-order valence-corrected chi connectivity index (χ4v) is 1.80. The van der Waals surface area contributed by atoms with E-state index in [0.29, 0.717) is 15.6 Å². The van der Waals surface area contributed by atoms with E-state index in [-0.39, 0.29) is 12.4 Å². The Hall–Kier alpha value is -1.56. The molecule has 1 aromatic carbocycles. The summed E-state index contributed by atoms with van der Waals surface area (Å²) in [5, 5.41) is 11.4. The Labute approximate surface area is 98.6 Å². The number of rotatable bonds is 2. The van der Waals surface area contributed by atoms with Gasteiger partial charge in [-0.15, -0.1) is 0 Å². The summed E-state index contributed by atoms with van der Waals surface area (Å²) < 4.78 is 13.6. The van der Waals surface area contributed by atoms with Gasteiger partial charge in [0.15, 0.2) is 0 Å². The van der Waals surface area contributed by atoms with Gasteiger partial charge in [-0.2, -0.15) is 0 Å². The second-order valence-corrected chi connectivity index (χ2v) is 4.16. The minimum Gasteiger partial charge on any atom is -0.465 e. The van der Waals surface area contributed by atoms with Crippen molar-refractivity contribution >= 4 is 32.9 Å². The van der Waals surface area contributed by atoms with E-state index in [0.717, 1.165) is 5.52 Å². The van der Waals surface area contributed by atoms with E-state index in [1.54, 1.807) is 12.1 Å². The number of nitrogens with one attached hydrogen (secondary N) is 2. The largest absolute Gasteiger partial charge is 0.465 e. The molecule has 0 unspecified atom stereocenters. The van der Waals surface area contributed by atoms with Crippen molar-refractivity contribution in [1.29, 1.82) is 0 Å². The van der Waals surface area contributed by atoms with Crippen LogP contribution in [0.15, 0.2) is 22.7 Å². The highest BCUT2D eigenvalue weighted by Gasteiger charge is 2.06. The highest BCUT2D eigenvalue weighted by atomic mass is 79.9. The summed E-state index contributed by atoms with van der Waals surface area (Å²) in [6.07, 6.45) is -1.09. The third kappa shape index (κ3) is 2.16. The molecule has 4 nitrogen and oxygen atoms in total. The van der Waals surface area contributed by atoms with Crippen LogP contribution in [-0.2, 0) is 6.54 Å². The molecule has 16 heavy (non-hydrogen) atoms. The highest BCUT2D eigenvalue weighted by molar-refractivity contribution is 9.10. The summed E-state index contributed by atoms with van der Waals surface area (Å²) >= 11 is 3.08. The Balaban J connectivity index is 2.33. The van der Waals surface area contributed by atoms with Crippen LogP contribution in [0.5, 0.6) is 0 Å². The van der Waals surface area contributed by atoms with E-state index in [4.69, 9.17) is 5.11 Å². The number of amides is 1. The molecule has 0 fully saturated rings. The third-order valence-electron chi connectivity index (χ3n) is 2.15. The second kappa shape index (κ2) is 4.13. The minimum atomic E-state index is -1.09. The summed E-state index contributed by atoms with van der Waals surface area (Å²) in [4.78, 5) is 13.3. The van der Waals surface area contributed by atoms with Crippen LogP contribution in [0.4, 0.5) is 9.18 Å². The van der Waals surface area contributed by atoms with Crippen LogP contribution in [0.3, 0.4) is 0 Å². The first kappa shape index (κ1) is 10.9. The Bertz CT molecular complexity index is 514. The Kier molecular flexibility index (Phi) is 2.82. The van der Waals surface area contributed by atoms with Gasteiger partial charge in [0.25, 0.3) is 0 Å². The second-order valence-electron chi connectivity index (χ2n) is 3.31. The van der Waals surface area contributed by atoms with Gasteiger partial charge in [-0.1, -0.05) is 0 Å². The van der Waals surface area contributed by atoms with E-state index in [9.17, 15) is 9.18 Å². The van der Waals surface area contributed by atoms with E-state index in [1.807, 2.05) is 0 Å². The van der Waals surface area contributed by atoms with Crippen molar-refractivity contribution in [3.05, 3.63) is 34.2 Å². The zero-order chi connectivity index (χ0) is 11.7. The maximum absolute atomic E-state index is 13.2. The van der Waals surface area contributed by atoms with E-state index >= 15 is 0 Å². The average molecular weight is 287 g/mol. The first-order valence-electron chi connectivity index (χ1n) is 4.49. The van der Waals surface area contributed by atoms with Crippen LogP contribution in [0.2, 0.25) is 0 Å². The van der Waals surface area contributed by atoms with Gasteiger partial charge in [0.05, 0.1) is 11.0 Å². The zero-order valence-electron chi connectivity index (χ0n) is 8.05. The van der Waals surface area contributed by atoms with Crippen molar-refractivity contribution < 1.29 is 14.3 Å². The Morgan fingerprint density at radius 3 is 2.94 bits per heavy atom. The van der Waals surface area contributed by atoms with Gasteiger partial charge in [0, 0.05) is 16.6 Å². The van der Waals surface area contributed by atoms with Crippen LogP contribution >= 0.6 is 15.9 Å². The molecule has 84 valence electrons. The van der Waals surface area contributed by atoms with Gasteiger partial charge in [0.1, 0.15) is 5.82 Å². The van der Waals surface area contributed by atoms with Crippen molar-refractivity contribution in [2.45, 2.75) is 6.54 Å². The maximum atomic E-state index is 13.2. The topological polar surface area (TPSA) is 65.1 Å². The molecule has 0 aliphatic heterocycles. The molecule has 2 aromatic rings. The van der Waals surface area contributed by atoms with Crippen LogP contribution in [0.1, 0.15) is 5.69 Å². The first-order chi connectivity index (χ1) is 7.56. The minimum absolute atomic E-state index is 0.170. The van der Waals surface area contributed by atoms with Crippen molar-refractivity contribution in [3.63, 3.8) is 0 Å². The zero-order valence-corrected chi connectivity index (χ0v) is 9.64. The number of carbonyl (C=O) groups is 1. The quantitative estimate of drug-likeness (QED) is 0.795. The van der Waals surface area contributed by atoms with Crippen molar-refractivity contribution in [3.8, 4) is 0 Å². The number of carboxylic acid groups (broad SMARTS) is 1. The van der Waals surface area contributed by atoms with Gasteiger partial charge in [0.2, 0.25) is 0 Å². The van der Waals surface area contributed by atoms with Gasteiger partial charge < -0.3 is 15.4 Å². The number of hydrogen-bond donors (Lipinski definition) is 3. The molecule has 2 rings (SSSR count). The van der Waals surface area contributed by atoms with Gasteiger partial charge in [-0.05, 0) is 34.1 Å². The molecule has 0 bridgehead atoms. The van der Waals surface area contributed by atoms with Crippen LogP contribution in [-0.4, -0.2) is 16.2 Å². The fraction of sp³-hybridized carbons (Fsp3) is 0.100. The number of aromatic nitrogens is 1. The highest BCUT2D eigenvalue weighted by Crippen LogP contribution is 2.23. The molecule has 0 spiro atoms. The number of hydrogen-bond acceptors (Lipinski definition) is 1. The molecule has 3 N–H and O–H groups in total. The molecule has 1 amide bonds. The lowest BCUT2D eigenvalue weighted by atomic mass is 10.2. The summed E-state index contributed by atoms with van der Waals surface area (Å²) in [5.74, 6) is -0.343. The lowest BCUT2D eigenvalue weighted by Gasteiger charge is -1.96. The molecule has 1 aromatic heterocycles. The molecular weight excluding hydrogens is 279 g/mol. The lowest BCUT2D eigenvalue weighted by Crippen LogP contribution is -2.19. The monoisotopic (exact) mass is 286 g/mol. The molecule has 0 saturated carbocycles. The van der Waals surface area contributed by atoms with Crippen LogP contribution in [0, 0.1) is 5.82 Å². The van der Waals surface area contributed by atoms with Crippen LogP contribution in [0.25, 0.3) is 10.9 Å². The molecule has 6 heteroatoms. The normalized spacial score (nSPS) is 10.6. The fourth-order valence-electron chi connectivity index (χ4n) is 1.45. The number of benzene rings is 1. The third-order valence-corrected chi connectivity index (χ3v) is 2.76. The summed E-state index contributed by atoms with van der Waals surface area (Å²) in [6.45, 7) is 0.170. The van der Waals surface area contributed by atoms with Crippen molar-refractivity contribution in [1.82, 2.24) is 10.3 Å². The predicted octanol–water partition coefficient (Wildman–Crippen LogP) is 2.84. The predicted molar refractivity (Wildman–Crippen MR) is 60.8 cm³/mol. The van der Waals surface area contributed by atoms with Gasteiger partial charge >= 0.3 is 6.09 Å².